The van der Waals surface area contributed by atoms with Crippen LogP contribution in [-0.2, 0) is 0 Å². The monoisotopic (exact) mass is 99.1 g/mol. The molecule has 0 unspecified atom stereocenters. The van der Waals surface area contributed by atoms with Crippen LogP contribution in [0.4, 0.5) is 0 Å². The molecule has 0 aromatic heterocycles. The number of nitrogens with zero attached hydrogens (tertiary/aromatic N) is 1. The molecular weight excluding hydrogens is 90.1 g/mol. The fourth-order valence-corrected chi connectivity index (χ4v) is 0.167. The van der Waals surface area contributed by atoms with Crippen molar-refractivity contribution in [2.45, 2.75) is 0 Å². The Morgan fingerprint density at radius 2 is 2.43 bits per heavy atom. The van der Waals surface area contributed by atoms with Gasteiger partial charge >= 0.3 is 0 Å². The van der Waals surface area contributed by atoms with Crippen LogP contribution >= 0.6 is 0 Å². The van der Waals surface area contributed by atoms with Crippen molar-refractivity contribution in [2.75, 3.05) is 7.05 Å². The third-order valence-electron chi connectivity index (χ3n) is 0.376. The minimum Gasteiger partial charge on any atom is -0.403 e. The van der Waals surface area contributed by atoms with Crippen LogP contribution in [0.2, 0.25) is 0 Å². The third-order valence-corrected chi connectivity index (χ3v) is 0.376. The Morgan fingerprint density at radius 1 is 1.71 bits per heavy atom. The second-order valence-corrected chi connectivity index (χ2v) is 0.908. The van der Waals surface area contributed by atoms with E-state index in [2.05, 4.69) is 10.3 Å². The quantitative estimate of drug-likeness (QED) is 0.367. The third kappa shape index (κ3) is 5.01. The van der Waals surface area contributed by atoms with Crippen molar-refractivity contribution in [1.29, 1.82) is 0 Å². The highest BCUT2D eigenvalue weighted by molar-refractivity contribution is 5.54. The smallest absolute Gasteiger partial charge is 0.0876 e. The Hall–Kier alpha value is -0.990. The van der Waals surface area contributed by atoms with Crippen molar-refractivity contribution in [3.05, 3.63) is 12.4 Å². The molecule has 0 fully saturated rings. The molecule has 0 aliphatic rings. The van der Waals surface area contributed by atoms with E-state index in [9.17, 15) is 0 Å². The molecule has 0 aliphatic carbocycles. The SMILES string of the molecule is CN/C=N\C=C\N. The maximum Gasteiger partial charge on any atom is 0.0876 e. The largest absolute Gasteiger partial charge is 0.403 e. The predicted octanol–water partition coefficient (Wildman–Crippen LogP) is -0.336. The first-order valence-electron chi connectivity index (χ1n) is 1.97. The van der Waals surface area contributed by atoms with E-state index in [0.717, 1.165) is 0 Å². The van der Waals surface area contributed by atoms with E-state index in [1.807, 2.05) is 0 Å². The van der Waals surface area contributed by atoms with Crippen LogP contribution in [0.5, 0.6) is 0 Å². The Labute approximate surface area is 42.9 Å². The Balaban J connectivity index is 3.09. The second-order valence-electron chi connectivity index (χ2n) is 0.908. The molecule has 0 amide bonds. The van der Waals surface area contributed by atoms with Gasteiger partial charge in [0.1, 0.15) is 0 Å². The molecular formula is C4H9N3. The predicted molar refractivity (Wildman–Crippen MR) is 30.9 cm³/mol. The molecule has 3 nitrogen and oxygen atoms in total. The zero-order valence-corrected chi connectivity index (χ0v) is 4.26. The molecule has 0 aliphatic heterocycles. The van der Waals surface area contributed by atoms with Crippen molar-refractivity contribution in [3.63, 3.8) is 0 Å². The summed E-state index contributed by atoms with van der Waals surface area (Å²) in [6, 6.07) is 0. The number of nitrogens with one attached hydrogen (secondary N) is 1. The van der Waals surface area contributed by atoms with E-state index in [4.69, 9.17) is 5.73 Å². The van der Waals surface area contributed by atoms with Gasteiger partial charge in [0, 0.05) is 19.4 Å². The number of hydrogen-bond acceptors (Lipinski definition) is 2. The van der Waals surface area contributed by atoms with Crippen molar-refractivity contribution >= 4 is 6.34 Å². The standard InChI is InChI=1S/C4H9N3/c1-6-4-7-3-2-5/h2-4H,5H2,1H3,(H,6,7)/b3-2+. The summed E-state index contributed by atoms with van der Waals surface area (Å²) in [5.74, 6) is 0. The number of aliphatic imine (C=N–C) groups is 1. The molecule has 0 aromatic rings. The molecule has 0 heterocycles. The molecule has 7 heavy (non-hydrogen) atoms. The van der Waals surface area contributed by atoms with Crippen LogP contribution in [0.3, 0.4) is 0 Å². The molecule has 0 radical (unpaired) electrons. The number of rotatable bonds is 2. The first-order valence-corrected chi connectivity index (χ1v) is 1.97. The lowest BCUT2D eigenvalue weighted by Crippen LogP contribution is -1.99. The van der Waals surface area contributed by atoms with Gasteiger partial charge in [-0.1, -0.05) is 0 Å². The summed E-state index contributed by atoms with van der Waals surface area (Å²) in [5.41, 5.74) is 4.95. The summed E-state index contributed by atoms with van der Waals surface area (Å²) in [5, 5.41) is 2.70. The molecule has 0 bridgehead atoms. The second kappa shape index (κ2) is 5.01. The number of hydrogen-bond donors (Lipinski definition) is 2. The van der Waals surface area contributed by atoms with Gasteiger partial charge in [0.05, 0.1) is 6.34 Å². The Morgan fingerprint density at radius 3 is 2.86 bits per heavy atom. The summed E-state index contributed by atoms with van der Waals surface area (Å²) in [6.07, 6.45) is 4.41. The van der Waals surface area contributed by atoms with Crippen LogP contribution < -0.4 is 11.1 Å². The molecule has 0 aromatic carbocycles. The van der Waals surface area contributed by atoms with Crippen molar-refractivity contribution < 1.29 is 0 Å². The highest BCUT2D eigenvalue weighted by Gasteiger charge is 1.54. The Bertz CT molecular complexity index is 75.0. The maximum atomic E-state index is 4.95. The lowest BCUT2D eigenvalue weighted by atomic mass is 10.9. The minimum atomic E-state index is 1.37. The van der Waals surface area contributed by atoms with Crippen LogP contribution in [0.25, 0.3) is 0 Å². The van der Waals surface area contributed by atoms with Crippen molar-refractivity contribution in [2.24, 2.45) is 10.7 Å². The fourth-order valence-electron chi connectivity index (χ4n) is 0.167. The van der Waals surface area contributed by atoms with Crippen LogP contribution in [-0.4, -0.2) is 13.4 Å². The molecule has 0 spiro atoms. The molecule has 3 N–H and O–H groups in total. The summed E-state index contributed by atoms with van der Waals surface area (Å²) in [6.45, 7) is 0. The van der Waals surface area contributed by atoms with Gasteiger partial charge in [-0.3, -0.25) is 0 Å². The van der Waals surface area contributed by atoms with Gasteiger partial charge in [-0.05, 0) is 0 Å². The van der Waals surface area contributed by atoms with Gasteiger partial charge in [-0.15, -0.1) is 0 Å². The lowest BCUT2D eigenvalue weighted by Gasteiger charge is -1.77. The summed E-state index contributed by atoms with van der Waals surface area (Å²) in [7, 11) is 1.77. The molecule has 3 heteroatoms. The van der Waals surface area contributed by atoms with Crippen LogP contribution in [0, 0.1) is 0 Å². The summed E-state index contributed by atoms with van der Waals surface area (Å²) in [4.78, 5) is 3.67. The zero-order valence-electron chi connectivity index (χ0n) is 4.26. The van der Waals surface area contributed by atoms with Gasteiger partial charge < -0.3 is 11.1 Å². The molecule has 40 valence electrons. The Kier molecular flexibility index (Phi) is 4.30. The maximum absolute atomic E-state index is 4.95. The van der Waals surface area contributed by atoms with E-state index in [1.165, 1.54) is 12.4 Å². The van der Waals surface area contributed by atoms with E-state index in [0.29, 0.717) is 0 Å². The van der Waals surface area contributed by atoms with Gasteiger partial charge in [0.2, 0.25) is 0 Å². The lowest BCUT2D eigenvalue weighted by molar-refractivity contribution is 1.20. The van der Waals surface area contributed by atoms with E-state index >= 15 is 0 Å². The van der Waals surface area contributed by atoms with E-state index < -0.39 is 0 Å². The molecule has 0 rings (SSSR count). The van der Waals surface area contributed by atoms with Crippen LogP contribution in [0.15, 0.2) is 17.4 Å². The van der Waals surface area contributed by atoms with E-state index in [1.54, 1.807) is 13.4 Å². The topological polar surface area (TPSA) is 50.4 Å². The fraction of sp³-hybridized carbons (Fsp3) is 0.250. The minimum absolute atomic E-state index is 1.37. The average molecular weight is 99.1 g/mol. The highest BCUT2D eigenvalue weighted by atomic mass is 14.9. The molecule has 0 saturated heterocycles. The highest BCUT2D eigenvalue weighted by Crippen LogP contribution is 1.60. The summed E-state index contributed by atoms with van der Waals surface area (Å²) < 4.78 is 0. The van der Waals surface area contributed by atoms with E-state index in [-0.39, 0.29) is 0 Å². The van der Waals surface area contributed by atoms with Crippen molar-refractivity contribution in [3.8, 4) is 0 Å². The average Bonchev–Trinajstić information content (AvgIpc) is 1.69. The van der Waals surface area contributed by atoms with Crippen LogP contribution in [0.1, 0.15) is 0 Å². The van der Waals surface area contributed by atoms with Gasteiger partial charge in [-0.2, -0.15) is 0 Å². The normalized spacial score (nSPS) is 11.0. The van der Waals surface area contributed by atoms with Gasteiger partial charge in [-0.25, -0.2) is 4.99 Å². The first-order chi connectivity index (χ1) is 3.41. The zero-order chi connectivity index (χ0) is 5.54. The van der Waals surface area contributed by atoms with Gasteiger partial charge in [0.25, 0.3) is 0 Å². The molecule has 0 atom stereocenters. The van der Waals surface area contributed by atoms with Crippen molar-refractivity contribution in [1.82, 2.24) is 5.32 Å². The first kappa shape index (κ1) is 6.01. The van der Waals surface area contributed by atoms with Gasteiger partial charge in [0.15, 0.2) is 0 Å². The number of nitrogens with two attached hydrogens (primary N) is 1. The summed E-state index contributed by atoms with van der Waals surface area (Å²) >= 11 is 0. The molecule has 0 saturated carbocycles.